The van der Waals surface area contributed by atoms with Crippen molar-refractivity contribution >= 4 is 27.6 Å². The van der Waals surface area contributed by atoms with Crippen LogP contribution < -0.4 is 9.47 Å². The first-order valence-corrected chi connectivity index (χ1v) is 9.42. The van der Waals surface area contributed by atoms with Gasteiger partial charge in [0, 0.05) is 0 Å². The maximum absolute atomic E-state index is 13.5. The molecular weight excluding hydrogens is 440 g/mol. The number of methoxy groups -OCH3 is 1. The SMILES string of the molecule is COc1cc(/C=C(/C#N)c2cccc(F)c2)cc(Br)c1OCc1cccc(F)c1. The third-order valence-corrected chi connectivity index (χ3v) is 4.68. The predicted octanol–water partition coefficient (Wildman–Crippen LogP) is 6.38. The van der Waals surface area contributed by atoms with E-state index in [9.17, 15) is 14.0 Å². The summed E-state index contributed by atoms with van der Waals surface area (Å²) in [7, 11) is 1.50. The van der Waals surface area contributed by atoms with E-state index >= 15 is 0 Å². The van der Waals surface area contributed by atoms with Crippen molar-refractivity contribution in [1.82, 2.24) is 0 Å². The van der Waals surface area contributed by atoms with Crippen LogP contribution in [0.3, 0.4) is 0 Å². The summed E-state index contributed by atoms with van der Waals surface area (Å²) in [6.07, 6.45) is 1.64. The van der Waals surface area contributed by atoms with Gasteiger partial charge in [0.1, 0.15) is 18.2 Å². The zero-order valence-electron chi connectivity index (χ0n) is 15.5. The zero-order valence-corrected chi connectivity index (χ0v) is 17.0. The summed E-state index contributed by atoms with van der Waals surface area (Å²) in [4.78, 5) is 0. The first-order valence-electron chi connectivity index (χ1n) is 8.62. The number of rotatable bonds is 6. The van der Waals surface area contributed by atoms with Crippen molar-refractivity contribution in [3.8, 4) is 17.6 Å². The van der Waals surface area contributed by atoms with Crippen molar-refractivity contribution < 1.29 is 18.3 Å². The van der Waals surface area contributed by atoms with Gasteiger partial charge in [-0.2, -0.15) is 5.26 Å². The van der Waals surface area contributed by atoms with Crippen LogP contribution >= 0.6 is 15.9 Å². The predicted molar refractivity (Wildman–Crippen MR) is 111 cm³/mol. The van der Waals surface area contributed by atoms with Gasteiger partial charge in [-0.15, -0.1) is 0 Å². The number of hydrogen-bond donors (Lipinski definition) is 0. The highest BCUT2D eigenvalue weighted by Gasteiger charge is 2.13. The molecule has 0 N–H and O–H groups in total. The first kappa shape index (κ1) is 20.6. The molecule has 6 heteroatoms. The van der Waals surface area contributed by atoms with Crippen LogP contribution in [-0.4, -0.2) is 7.11 Å². The fourth-order valence-electron chi connectivity index (χ4n) is 2.75. The highest BCUT2D eigenvalue weighted by atomic mass is 79.9. The molecule has 0 aliphatic carbocycles. The van der Waals surface area contributed by atoms with Crippen molar-refractivity contribution in [1.29, 1.82) is 5.26 Å². The van der Waals surface area contributed by atoms with E-state index in [0.717, 1.165) is 0 Å². The largest absolute Gasteiger partial charge is 0.493 e. The lowest BCUT2D eigenvalue weighted by Crippen LogP contribution is -1.99. The van der Waals surface area contributed by atoms with E-state index in [1.165, 1.54) is 31.4 Å². The molecule has 0 spiro atoms. The summed E-state index contributed by atoms with van der Waals surface area (Å²) in [5.74, 6) is 0.152. The molecule has 0 bridgehead atoms. The molecule has 0 saturated heterocycles. The molecule has 0 heterocycles. The van der Waals surface area contributed by atoms with E-state index in [4.69, 9.17) is 9.47 Å². The minimum atomic E-state index is -0.413. The Balaban J connectivity index is 1.90. The summed E-state index contributed by atoms with van der Waals surface area (Å²) < 4.78 is 38.7. The second-order valence-corrected chi connectivity index (χ2v) is 6.99. The van der Waals surface area contributed by atoms with Gasteiger partial charge in [-0.05, 0) is 75.1 Å². The molecule has 3 aromatic rings. The van der Waals surface area contributed by atoms with Gasteiger partial charge in [-0.3, -0.25) is 0 Å². The minimum absolute atomic E-state index is 0.161. The molecule has 0 unspecified atom stereocenters. The van der Waals surface area contributed by atoms with Crippen molar-refractivity contribution in [3.63, 3.8) is 0 Å². The van der Waals surface area contributed by atoms with E-state index < -0.39 is 5.82 Å². The molecule has 0 fully saturated rings. The highest BCUT2D eigenvalue weighted by Crippen LogP contribution is 2.38. The Kier molecular flexibility index (Phi) is 6.63. The molecule has 0 radical (unpaired) electrons. The van der Waals surface area contributed by atoms with Crippen LogP contribution in [0.5, 0.6) is 11.5 Å². The van der Waals surface area contributed by atoms with Gasteiger partial charge in [-0.1, -0.05) is 24.3 Å². The number of nitrogens with zero attached hydrogens (tertiary/aromatic N) is 1. The highest BCUT2D eigenvalue weighted by molar-refractivity contribution is 9.10. The molecule has 146 valence electrons. The van der Waals surface area contributed by atoms with Crippen LogP contribution in [0.2, 0.25) is 0 Å². The zero-order chi connectivity index (χ0) is 20.8. The maximum atomic E-state index is 13.5. The average Bonchev–Trinajstić information content (AvgIpc) is 2.71. The number of nitriles is 1. The van der Waals surface area contributed by atoms with E-state index in [-0.39, 0.29) is 12.4 Å². The van der Waals surface area contributed by atoms with E-state index in [2.05, 4.69) is 22.0 Å². The Bertz CT molecular complexity index is 1110. The lowest BCUT2D eigenvalue weighted by Gasteiger charge is -2.14. The Hall–Kier alpha value is -3.17. The Labute approximate surface area is 175 Å². The summed E-state index contributed by atoms with van der Waals surface area (Å²) in [6.45, 7) is 0.161. The number of hydrogen-bond acceptors (Lipinski definition) is 3. The van der Waals surface area contributed by atoms with Gasteiger partial charge in [0.05, 0.1) is 23.2 Å². The Morgan fingerprint density at radius 1 is 1.07 bits per heavy atom. The second kappa shape index (κ2) is 9.35. The lowest BCUT2D eigenvalue weighted by molar-refractivity contribution is 0.282. The average molecular weight is 456 g/mol. The van der Waals surface area contributed by atoms with Gasteiger partial charge < -0.3 is 9.47 Å². The molecule has 0 saturated carbocycles. The Morgan fingerprint density at radius 2 is 1.79 bits per heavy atom. The lowest BCUT2D eigenvalue weighted by atomic mass is 10.0. The topological polar surface area (TPSA) is 42.2 Å². The smallest absolute Gasteiger partial charge is 0.175 e. The molecule has 0 aliphatic heterocycles. The van der Waals surface area contributed by atoms with Crippen LogP contribution in [0.4, 0.5) is 8.78 Å². The van der Waals surface area contributed by atoms with E-state index in [1.807, 2.05) is 0 Å². The van der Waals surface area contributed by atoms with Gasteiger partial charge >= 0.3 is 0 Å². The van der Waals surface area contributed by atoms with Gasteiger partial charge in [0.2, 0.25) is 0 Å². The molecule has 3 nitrogen and oxygen atoms in total. The van der Waals surface area contributed by atoms with Crippen molar-refractivity contribution in [2.75, 3.05) is 7.11 Å². The summed E-state index contributed by atoms with van der Waals surface area (Å²) in [5.41, 5.74) is 2.15. The maximum Gasteiger partial charge on any atom is 0.175 e. The van der Waals surface area contributed by atoms with Crippen LogP contribution in [-0.2, 0) is 6.61 Å². The molecule has 0 aromatic heterocycles. The van der Waals surface area contributed by atoms with Crippen LogP contribution in [0.15, 0.2) is 65.1 Å². The molecule has 29 heavy (non-hydrogen) atoms. The molecule has 0 amide bonds. The Morgan fingerprint density at radius 3 is 2.45 bits per heavy atom. The van der Waals surface area contributed by atoms with E-state index in [0.29, 0.717) is 38.2 Å². The van der Waals surface area contributed by atoms with Gasteiger partial charge in [-0.25, -0.2) is 8.78 Å². The third-order valence-electron chi connectivity index (χ3n) is 4.09. The third kappa shape index (κ3) is 5.21. The second-order valence-electron chi connectivity index (χ2n) is 6.13. The van der Waals surface area contributed by atoms with Crippen LogP contribution in [0, 0.1) is 23.0 Å². The fourth-order valence-corrected chi connectivity index (χ4v) is 3.32. The monoisotopic (exact) mass is 455 g/mol. The molecule has 3 rings (SSSR count). The standard InChI is InChI=1S/C23H16BrF2NO2/c1-28-22-11-16(8-18(13-27)17-5-3-7-20(26)12-17)10-21(24)23(22)29-14-15-4-2-6-19(25)9-15/h2-12H,14H2,1H3/b18-8-. The molecule has 0 aliphatic rings. The normalized spacial score (nSPS) is 11.1. The summed E-state index contributed by atoms with van der Waals surface area (Å²) in [6, 6.07) is 17.6. The van der Waals surface area contributed by atoms with Crippen LogP contribution in [0.25, 0.3) is 11.6 Å². The van der Waals surface area contributed by atoms with Crippen molar-refractivity contribution in [3.05, 3.63) is 93.5 Å². The summed E-state index contributed by atoms with van der Waals surface area (Å²) >= 11 is 3.46. The van der Waals surface area contributed by atoms with Crippen LogP contribution in [0.1, 0.15) is 16.7 Å². The summed E-state index contributed by atoms with van der Waals surface area (Å²) in [5, 5.41) is 9.48. The number of benzene rings is 3. The molecule has 3 aromatic carbocycles. The molecule has 0 atom stereocenters. The first-order chi connectivity index (χ1) is 14.0. The van der Waals surface area contributed by atoms with Crippen molar-refractivity contribution in [2.24, 2.45) is 0 Å². The number of ether oxygens (including phenoxy) is 2. The molecular formula is C23H16BrF2NO2. The van der Waals surface area contributed by atoms with Crippen molar-refractivity contribution in [2.45, 2.75) is 6.61 Å². The fraction of sp³-hybridized carbons (Fsp3) is 0.0870. The van der Waals surface area contributed by atoms with Gasteiger partial charge in [0.15, 0.2) is 11.5 Å². The number of halogens is 3. The van der Waals surface area contributed by atoms with E-state index in [1.54, 1.807) is 42.5 Å². The number of allylic oxidation sites excluding steroid dienone is 1. The minimum Gasteiger partial charge on any atom is -0.493 e. The van der Waals surface area contributed by atoms with Gasteiger partial charge in [0.25, 0.3) is 0 Å². The quantitative estimate of drug-likeness (QED) is 0.319.